The minimum absolute atomic E-state index is 0.0130. The Bertz CT molecular complexity index is 1460. The van der Waals surface area contributed by atoms with Crippen LogP contribution in [0.5, 0.6) is 0 Å². The number of amides is 3. The summed E-state index contributed by atoms with van der Waals surface area (Å²) in [7, 11) is -4.25. The Labute approximate surface area is 229 Å². The zero-order valence-electron chi connectivity index (χ0n) is 22.7. The van der Waals surface area contributed by atoms with E-state index in [0.717, 1.165) is 12.1 Å². The van der Waals surface area contributed by atoms with Crippen LogP contribution in [0.4, 0.5) is 19.7 Å². The summed E-state index contributed by atoms with van der Waals surface area (Å²) < 4.78 is 62.2. The van der Waals surface area contributed by atoms with Gasteiger partial charge < -0.3 is 34.7 Å². The van der Waals surface area contributed by atoms with Crippen molar-refractivity contribution < 1.29 is 45.9 Å². The Hall–Kier alpha value is -3.79. The molecule has 14 nitrogen and oxygen atoms in total. The summed E-state index contributed by atoms with van der Waals surface area (Å²) in [6.07, 6.45) is -1.75. The zero-order chi connectivity index (χ0) is 29.7. The molecule has 0 radical (unpaired) electrons. The molecule has 0 spiro atoms. The standard InChI is InChI=1S/C24H30FN5O9S/c1-22(2,3)37-20(32)27-15-9-40(34,35)16-8-13(25)12(7-14(16)26-18(15)31)17-28-19(39-30-17)24(10-36-11-24)29-21(33)38-23(4,5)6/h7-8,15H,9-11H2,1-6H3,(H,26,31)(H,27,32)(H,29,33)/t15-/m0/s1. The molecule has 4 rings (SSSR count). The third-order valence-corrected chi connectivity index (χ3v) is 7.35. The van der Waals surface area contributed by atoms with Crippen molar-refractivity contribution in [1.82, 2.24) is 20.8 Å². The van der Waals surface area contributed by atoms with E-state index in [0.29, 0.717) is 0 Å². The van der Waals surface area contributed by atoms with Crippen molar-refractivity contribution in [2.75, 3.05) is 24.3 Å². The van der Waals surface area contributed by atoms with Gasteiger partial charge in [0.15, 0.2) is 15.4 Å². The summed E-state index contributed by atoms with van der Waals surface area (Å²) in [5, 5.41) is 11.1. The third-order valence-electron chi connectivity index (χ3n) is 5.57. The highest BCUT2D eigenvalue weighted by Gasteiger charge is 2.48. The lowest BCUT2D eigenvalue weighted by Gasteiger charge is -2.38. The van der Waals surface area contributed by atoms with Gasteiger partial charge in [0.1, 0.15) is 23.1 Å². The Morgan fingerprint density at radius 1 is 1.10 bits per heavy atom. The molecular formula is C24H30FN5O9S. The first-order valence-corrected chi connectivity index (χ1v) is 13.8. The number of fused-ring (bicyclic) bond motifs is 1. The molecule has 2 aliphatic rings. The number of nitrogens with one attached hydrogen (secondary N) is 3. The second kappa shape index (κ2) is 9.99. The average Bonchev–Trinajstić information content (AvgIpc) is 3.21. The van der Waals surface area contributed by atoms with Crippen molar-refractivity contribution in [1.29, 1.82) is 0 Å². The fourth-order valence-electron chi connectivity index (χ4n) is 3.82. The number of nitrogens with zero attached hydrogens (tertiary/aromatic N) is 2. The lowest BCUT2D eigenvalue weighted by Crippen LogP contribution is -2.60. The van der Waals surface area contributed by atoms with Gasteiger partial charge >= 0.3 is 12.2 Å². The quantitative estimate of drug-likeness (QED) is 0.479. The fraction of sp³-hybridized carbons (Fsp3) is 0.542. The summed E-state index contributed by atoms with van der Waals surface area (Å²) in [4.78, 5) is 41.1. The van der Waals surface area contributed by atoms with Crippen LogP contribution in [0, 0.1) is 5.82 Å². The van der Waals surface area contributed by atoms with E-state index < -0.39 is 67.2 Å². The van der Waals surface area contributed by atoms with Crippen LogP contribution in [0.3, 0.4) is 0 Å². The first-order chi connectivity index (χ1) is 18.4. The van der Waals surface area contributed by atoms with Gasteiger partial charge in [0.25, 0.3) is 5.89 Å². The van der Waals surface area contributed by atoms with E-state index in [2.05, 4.69) is 26.1 Å². The first kappa shape index (κ1) is 29.2. The van der Waals surface area contributed by atoms with Gasteiger partial charge in [0.2, 0.25) is 11.7 Å². The van der Waals surface area contributed by atoms with E-state index in [1.807, 2.05) is 0 Å². The van der Waals surface area contributed by atoms with Crippen LogP contribution in [-0.2, 0) is 34.4 Å². The number of alkyl carbamates (subject to hydrolysis) is 2. The molecule has 3 N–H and O–H groups in total. The maximum Gasteiger partial charge on any atom is 0.408 e. The van der Waals surface area contributed by atoms with Crippen molar-refractivity contribution in [2.24, 2.45) is 0 Å². The fourth-order valence-corrected chi connectivity index (χ4v) is 5.41. The lowest BCUT2D eigenvalue weighted by atomic mass is 9.97. The number of ether oxygens (including phenoxy) is 3. The van der Waals surface area contributed by atoms with E-state index in [1.165, 1.54) is 0 Å². The molecule has 1 fully saturated rings. The Balaban J connectivity index is 1.61. The van der Waals surface area contributed by atoms with Gasteiger partial charge in [-0.25, -0.2) is 22.4 Å². The van der Waals surface area contributed by atoms with Crippen LogP contribution in [0.2, 0.25) is 0 Å². The maximum atomic E-state index is 15.2. The zero-order valence-corrected chi connectivity index (χ0v) is 23.5. The third kappa shape index (κ3) is 6.33. The van der Waals surface area contributed by atoms with E-state index in [-0.39, 0.29) is 36.2 Å². The predicted molar refractivity (Wildman–Crippen MR) is 135 cm³/mol. The predicted octanol–water partition coefficient (Wildman–Crippen LogP) is 2.24. The molecular weight excluding hydrogens is 553 g/mol. The molecule has 0 aliphatic carbocycles. The minimum atomic E-state index is -4.25. The molecule has 0 saturated carbocycles. The molecule has 0 unspecified atom stereocenters. The molecule has 1 saturated heterocycles. The normalized spacial score (nSPS) is 19.8. The van der Waals surface area contributed by atoms with Crippen LogP contribution in [0.25, 0.3) is 11.4 Å². The van der Waals surface area contributed by atoms with Crippen LogP contribution in [0.1, 0.15) is 47.4 Å². The highest BCUT2D eigenvalue weighted by Crippen LogP contribution is 2.35. The van der Waals surface area contributed by atoms with Crippen LogP contribution < -0.4 is 16.0 Å². The molecule has 0 bridgehead atoms. The van der Waals surface area contributed by atoms with Gasteiger partial charge in [-0.1, -0.05) is 5.16 Å². The topological polar surface area (TPSA) is 188 Å². The van der Waals surface area contributed by atoms with E-state index in [9.17, 15) is 22.8 Å². The van der Waals surface area contributed by atoms with Crippen LogP contribution in [0.15, 0.2) is 21.6 Å². The summed E-state index contributed by atoms with van der Waals surface area (Å²) >= 11 is 0. The molecule has 1 aromatic heterocycles. The molecule has 1 aromatic carbocycles. The average molecular weight is 584 g/mol. The number of carbonyl (C=O) groups is 3. The van der Waals surface area contributed by atoms with Crippen molar-refractivity contribution in [3.8, 4) is 11.4 Å². The molecule has 3 heterocycles. The van der Waals surface area contributed by atoms with Gasteiger partial charge in [0, 0.05) is 0 Å². The molecule has 16 heteroatoms. The Kier molecular flexibility index (Phi) is 7.30. The van der Waals surface area contributed by atoms with E-state index >= 15 is 4.39 Å². The first-order valence-electron chi connectivity index (χ1n) is 12.2. The summed E-state index contributed by atoms with van der Waals surface area (Å²) in [5.74, 6) is -3.05. The van der Waals surface area contributed by atoms with Gasteiger partial charge in [-0.05, 0) is 53.7 Å². The molecule has 40 heavy (non-hydrogen) atoms. The van der Waals surface area contributed by atoms with Crippen LogP contribution >= 0.6 is 0 Å². The van der Waals surface area contributed by atoms with Crippen molar-refractivity contribution >= 4 is 33.6 Å². The van der Waals surface area contributed by atoms with Crippen molar-refractivity contribution in [3.63, 3.8) is 0 Å². The maximum absolute atomic E-state index is 15.2. The highest BCUT2D eigenvalue weighted by atomic mass is 32.2. The SMILES string of the molecule is CC(C)(C)OC(=O)N[C@H]1CS(=O)(=O)c2cc(F)c(-c3noc(C4(NC(=O)OC(C)(C)C)COC4)n3)cc2NC1=O. The number of anilines is 1. The monoisotopic (exact) mass is 583 g/mol. The second-order valence-electron chi connectivity index (χ2n) is 11.4. The number of sulfone groups is 1. The number of aromatic nitrogens is 2. The van der Waals surface area contributed by atoms with E-state index in [4.69, 9.17) is 18.7 Å². The Morgan fingerprint density at radius 2 is 1.73 bits per heavy atom. The number of benzene rings is 1. The van der Waals surface area contributed by atoms with Crippen molar-refractivity contribution in [2.45, 2.75) is 69.2 Å². The van der Waals surface area contributed by atoms with Crippen LogP contribution in [-0.4, -0.2) is 72.9 Å². The van der Waals surface area contributed by atoms with E-state index in [1.54, 1.807) is 41.5 Å². The molecule has 1 atom stereocenters. The number of hydrogen-bond acceptors (Lipinski definition) is 11. The Morgan fingerprint density at radius 3 is 2.30 bits per heavy atom. The van der Waals surface area contributed by atoms with Gasteiger partial charge in [-0.2, -0.15) is 4.98 Å². The van der Waals surface area contributed by atoms with Gasteiger partial charge in [0.05, 0.1) is 35.1 Å². The highest BCUT2D eigenvalue weighted by molar-refractivity contribution is 7.91. The van der Waals surface area contributed by atoms with Crippen molar-refractivity contribution in [3.05, 3.63) is 23.8 Å². The molecule has 3 amide bonds. The summed E-state index contributed by atoms with van der Waals surface area (Å²) in [6, 6.07) is 0.274. The number of hydrogen-bond donors (Lipinski definition) is 3. The number of rotatable bonds is 4. The number of carbonyl (C=O) groups excluding carboxylic acids is 3. The largest absolute Gasteiger partial charge is 0.444 e. The number of halogens is 1. The van der Waals surface area contributed by atoms with Gasteiger partial charge in [-0.3, -0.25) is 4.79 Å². The minimum Gasteiger partial charge on any atom is -0.444 e. The summed E-state index contributed by atoms with van der Waals surface area (Å²) in [6.45, 7) is 9.86. The second-order valence-corrected chi connectivity index (χ2v) is 13.4. The molecule has 218 valence electrons. The smallest absolute Gasteiger partial charge is 0.408 e. The molecule has 2 aromatic rings. The lowest BCUT2D eigenvalue weighted by molar-refractivity contribution is -0.117. The van der Waals surface area contributed by atoms with Gasteiger partial charge in [-0.15, -0.1) is 0 Å². The summed E-state index contributed by atoms with van der Waals surface area (Å²) in [5.41, 5.74) is -3.40. The molecule has 2 aliphatic heterocycles.